The lowest BCUT2D eigenvalue weighted by molar-refractivity contribution is -0.123. The molecule has 0 aromatic carbocycles. The molecule has 0 N–H and O–H groups in total. The Bertz CT molecular complexity index is 279. The van der Waals surface area contributed by atoms with E-state index in [2.05, 4.69) is 13.8 Å². The van der Waals surface area contributed by atoms with Gasteiger partial charge in [0.2, 0.25) is 0 Å². The smallest absolute Gasteiger partial charge is 0.136 e. The molecule has 3 aliphatic rings. The van der Waals surface area contributed by atoms with Crippen molar-refractivity contribution < 1.29 is 4.79 Å². The number of hydrogen-bond acceptors (Lipinski definition) is 1. The quantitative estimate of drug-likeness (QED) is 0.576. The fraction of sp³-hybridized carbons (Fsp3) is 0.923. The Morgan fingerprint density at radius 2 is 2.00 bits per heavy atom. The highest BCUT2D eigenvalue weighted by atomic mass is 16.1. The molecule has 0 heterocycles. The van der Waals surface area contributed by atoms with Gasteiger partial charge in [-0.2, -0.15) is 0 Å². The molecule has 0 radical (unpaired) electrons. The van der Waals surface area contributed by atoms with Crippen LogP contribution in [-0.4, -0.2) is 5.78 Å². The standard InChI is InChI=1S/C13H20O/c1-13(2)10-6-7-11(14)8-4-3-5-9(8)12(10)13/h8-10,12H,3-7H2,1-2H3/t8-,9-,10-,12+/m0/s1. The van der Waals surface area contributed by atoms with Crippen molar-refractivity contribution >= 4 is 5.78 Å². The van der Waals surface area contributed by atoms with Crippen molar-refractivity contribution in [3.8, 4) is 0 Å². The molecule has 78 valence electrons. The van der Waals surface area contributed by atoms with Crippen molar-refractivity contribution in [1.29, 1.82) is 0 Å². The van der Waals surface area contributed by atoms with E-state index in [-0.39, 0.29) is 0 Å². The predicted molar refractivity (Wildman–Crippen MR) is 55.8 cm³/mol. The third-order valence-electron chi connectivity index (χ3n) is 5.29. The highest BCUT2D eigenvalue weighted by molar-refractivity contribution is 5.82. The lowest BCUT2D eigenvalue weighted by Gasteiger charge is -2.19. The number of rotatable bonds is 0. The van der Waals surface area contributed by atoms with Gasteiger partial charge >= 0.3 is 0 Å². The van der Waals surface area contributed by atoms with Crippen LogP contribution in [0.4, 0.5) is 0 Å². The predicted octanol–water partition coefficient (Wildman–Crippen LogP) is 3.04. The van der Waals surface area contributed by atoms with Gasteiger partial charge in [0, 0.05) is 12.3 Å². The lowest BCUT2D eigenvalue weighted by Crippen LogP contribution is -2.20. The summed E-state index contributed by atoms with van der Waals surface area (Å²) >= 11 is 0. The van der Waals surface area contributed by atoms with E-state index in [0.29, 0.717) is 17.1 Å². The zero-order valence-electron chi connectivity index (χ0n) is 9.25. The van der Waals surface area contributed by atoms with Crippen LogP contribution in [0.2, 0.25) is 0 Å². The van der Waals surface area contributed by atoms with Crippen LogP contribution < -0.4 is 0 Å². The molecule has 3 rings (SSSR count). The first-order chi connectivity index (χ1) is 6.62. The van der Waals surface area contributed by atoms with Crippen LogP contribution in [0.5, 0.6) is 0 Å². The molecule has 3 aliphatic carbocycles. The van der Waals surface area contributed by atoms with Crippen molar-refractivity contribution in [3.63, 3.8) is 0 Å². The highest BCUT2D eigenvalue weighted by Crippen LogP contribution is 2.68. The summed E-state index contributed by atoms with van der Waals surface area (Å²) in [4.78, 5) is 11.9. The first-order valence-electron chi connectivity index (χ1n) is 6.15. The summed E-state index contributed by atoms with van der Waals surface area (Å²) < 4.78 is 0. The van der Waals surface area contributed by atoms with Crippen LogP contribution in [-0.2, 0) is 4.79 Å². The Balaban J connectivity index is 1.90. The minimum atomic E-state index is 0.465. The number of hydrogen-bond donors (Lipinski definition) is 0. The first kappa shape index (κ1) is 8.94. The van der Waals surface area contributed by atoms with Crippen LogP contribution in [0, 0.1) is 29.1 Å². The summed E-state index contributed by atoms with van der Waals surface area (Å²) in [7, 11) is 0. The number of fused-ring (bicyclic) bond motifs is 3. The van der Waals surface area contributed by atoms with Crippen LogP contribution in [0.25, 0.3) is 0 Å². The minimum absolute atomic E-state index is 0.465. The van der Waals surface area contributed by atoms with E-state index in [4.69, 9.17) is 0 Å². The number of carbonyl (C=O) groups is 1. The molecule has 0 aromatic rings. The third kappa shape index (κ3) is 0.988. The van der Waals surface area contributed by atoms with E-state index in [0.717, 1.165) is 24.2 Å². The zero-order valence-corrected chi connectivity index (χ0v) is 9.25. The minimum Gasteiger partial charge on any atom is -0.299 e. The zero-order chi connectivity index (χ0) is 9.92. The molecule has 0 aromatic heterocycles. The fourth-order valence-electron chi connectivity index (χ4n) is 4.49. The summed E-state index contributed by atoms with van der Waals surface area (Å²) in [6.07, 6.45) is 5.90. The topological polar surface area (TPSA) is 17.1 Å². The summed E-state index contributed by atoms with van der Waals surface area (Å²) in [5.74, 6) is 3.59. The maximum atomic E-state index is 11.9. The summed E-state index contributed by atoms with van der Waals surface area (Å²) in [6.45, 7) is 4.82. The van der Waals surface area contributed by atoms with E-state index >= 15 is 0 Å². The number of Topliss-reactive ketones (excluding diaryl/α,β-unsaturated/α-hetero) is 1. The second kappa shape index (κ2) is 2.62. The molecule has 14 heavy (non-hydrogen) atoms. The lowest BCUT2D eigenvalue weighted by atomic mass is 9.85. The molecule has 0 unspecified atom stereocenters. The van der Waals surface area contributed by atoms with Crippen LogP contribution in [0.15, 0.2) is 0 Å². The SMILES string of the molecule is CC1(C)[C@@H]2[C@H]3CCC[C@@H]3C(=O)CC[C@@H]21. The van der Waals surface area contributed by atoms with Gasteiger partial charge in [-0.05, 0) is 42.4 Å². The Morgan fingerprint density at radius 1 is 1.21 bits per heavy atom. The van der Waals surface area contributed by atoms with E-state index in [1.165, 1.54) is 25.7 Å². The van der Waals surface area contributed by atoms with Gasteiger partial charge in [-0.15, -0.1) is 0 Å². The molecule has 0 aliphatic heterocycles. The van der Waals surface area contributed by atoms with Gasteiger partial charge in [0.25, 0.3) is 0 Å². The van der Waals surface area contributed by atoms with Crippen LogP contribution in [0.3, 0.4) is 0 Å². The molecule has 1 heteroatoms. The van der Waals surface area contributed by atoms with Crippen LogP contribution >= 0.6 is 0 Å². The summed E-state index contributed by atoms with van der Waals surface area (Å²) in [5, 5.41) is 0. The second-order valence-electron chi connectivity index (χ2n) is 6.16. The first-order valence-corrected chi connectivity index (χ1v) is 6.15. The van der Waals surface area contributed by atoms with E-state index in [1.54, 1.807) is 0 Å². The molecule has 0 amide bonds. The molecule has 3 fully saturated rings. The van der Waals surface area contributed by atoms with E-state index < -0.39 is 0 Å². The van der Waals surface area contributed by atoms with Crippen LogP contribution in [0.1, 0.15) is 46.0 Å². The van der Waals surface area contributed by atoms with Crippen molar-refractivity contribution in [1.82, 2.24) is 0 Å². The Labute approximate surface area is 86.3 Å². The van der Waals surface area contributed by atoms with Gasteiger partial charge in [0.05, 0.1) is 0 Å². The van der Waals surface area contributed by atoms with E-state index in [1.807, 2.05) is 0 Å². The molecule has 0 bridgehead atoms. The molecule has 3 saturated carbocycles. The molecule has 1 nitrogen and oxygen atoms in total. The Kier molecular flexibility index (Phi) is 1.67. The number of ketones is 1. The fourth-order valence-corrected chi connectivity index (χ4v) is 4.49. The largest absolute Gasteiger partial charge is 0.299 e. The Morgan fingerprint density at radius 3 is 2.79 bits per heavy atom. The molecular formula is C13H20O. The second-order valence-corrected chi connectivity index (χ2v) is 6.16. The molecule has 0 spiro atoms. The number of carbonyl (C=O) groups excluding carboxylic acids is 1. The third-order valence-corrected chi connectivity index (χ3v) is 5.29. The average Bonchev–Trinajstić information content (AvgIpc) is 2.54. The molecule has 4 atom stereocenters. The van der Waals surface area contributed by atoms with Crippen molar-refractivity contribution in [2.45, 2.75) is 46.0 Å². The average molecular weight is 192 g/mol. The maximum absolute atomic E-state index is 11.9. The monoisotopic (exact) mass is 192 g/mol. The normalized spacial score (nSPS) is 49.4. The van der Waals surface area contributed by atoms with Gasteiger partial charge in [0.1, 0.15) is 5.78 Å². The van der Waals surface area contributed by atoms with Gasteiger partial charge in [-0.1, -0.05) is 20.3 Å². The van der Waals surface area contributed by atoms with Gasteiger partial charge in [0.15, 0.2) is 0 Å². The van der Waals surface area contributed by atoms with Gasteiger partial charge < -0.3 is 0 Å². The van der Waals surface area contributed by atoms with E-state index in [9.17, 15) is 4.79 Å². The highest BCUT2D eigenvalue weighted by Gasteiger charge is 2.63. The van der Waals surface area contributed by atoms with Crippen molar-refractivity contribution in [2.75, 3.05) is 0 Å². The maximum Gasteiger partial charge on any atom is 0.136 e. The van der Waals surface area contributed by atoms with Gasteiger partial charge in [-0.3, -0.25) is 4.79 Å². The Hall–Kier alpha value is -0.330. The summed E-state index contributed by atoms with van der Waals surface area (Å²) in [6, 6.07) is 0. The van der Waals surface area contributed by atoms with Crippen molar-refractivity contribution in [2.24, 2.45) is 29.1 Å². The molecular weight excluding hydrogens is 172 g/mol. The summed E-state index contributed by atoms with van der Waals surface area (Å²) in [5.41, 5.74) is 0.563. The molecule has 0 saturated heterocycles. The van der Waals surface area contributed by atoms with Gasteiger partial charge in [-0.25, -0.2) is 0 Å². The van der Waals surface area contributed by atoms with Crippen molar-refractivity contribution in [3.05, 3.63) is 0 Å².